The first-order valence-electron chi connectivity index (χ1n) is 5.03. The highest BCUT2D eigenvalue weighted by atomic mass is 79.9. The first kappa shape index (κ1) is 12.4. The number of phenols is 1. The number of rotatable bonds is 3. The van der Waals surface area contributed by atoms with Crippen molar-refractivity contribution in [3.63, 3.8) is 0 Å². The predicted octanol–water partition coefficient (Wildman–Crippen LogP) is 2.51. The second kappa shape index (κ2) is 5.50. The first-order chi connectivity index (χ1) is 8.66. The lowest BCUT2D eigenvalue weighted by molar-refractivity contribution is 0.0926. The minimum absolute atomic E-state index is 0.0937. The molecule has 1 heterocycles. The summed E-state index contributed by atoms with van der Waals surface area (Å²) in [5.41, 5.74) is 2.81. The van der Waals surface area contributed by atoms with E-state index in [1.807, 2.05) is 0 Å². The van der Waals surface area contributed by atoms with E-state index in [4.69, 9.17) is 4.42 Å². The van der Waals surface area contributed by atoms with Crippen LogP contribution in [0.5, 0.6) is 5.75 Å². The van der Waals surface area contributed by atoms with Crippen molar-refractivity contribution in [1.82, 2.24) is 5.43 Å². The molecule has 1 amide bonds. The third-order valence-electron chi connectivity index (χ3n) is 2.10. The Kier molecular flexibility index (Phi) is 3.78. The van der Waals surface area contributed by atoms with Crippen LogP contribution in [-0.2, 0) is 0 Å². The van der Waals surface area contributed by atoms with Crippen LogP contribution in [0.3, 0.4) is 0 Å². The summed E-state index contributed by atoms with van der Waals surface area (Å²) in [6, 6.07) is 9.80. The topological polar surface area (TPSA) is 74.8 Å². The van der Waals surface area contributed by atoms with Crippen LogP contribution in [0.1, 0.15) is 16.1 Å². The number of phenolic OH excluding ortho intramolecular Hbond substituents is 1. The Morgan fingerprint density at radius 2 is 2.11 bits per heavy atom. The number of halogens is 1. The van der Waals surface area contributed by atoms with Crippen LogP contribution >= 0.6 is 15.9 Å². The van der Waals surface area contributed by atoms with Crippen LogP contribution in [0.2, 0.25) is 0 Å². The van der Waals surface area contributed by atoms with Gasteiger partial charge in [0.15, 0.2) is 10.4 Å². The standard InChI is InChI=1S/C12H9BrN2O3/c13-11-6-5-10(18-11)12(17)15-14-7-8-3-1-2-4-9(8)16/h1-7,16H,(H,15,17)/b14-7-. The quantitative estimate of drug-likeness (QED) is 0.676. The molecule has 0 bridgehead atoms. The summed E-state index contributed by atoms with van der Waals surface area (Å²) in [5.74, 6) is -0.222. The van der Waals surface area contributed by atoms with Crippen molar-refractivity contribution in [2.75, 3.05) is 0 Å². The number of benzene rings is 1. The van der Waals surface area contributed by atoms with Gasteiger partial charge in [-0.05, 0) is 40.2 Å². The molecule has 0 unspecified atom stereocenters. The summed E-state index contributed by atoms with van der Waals surface area (Å²) >= 11 is 3.10. The smallest absolute Gasteiger partial charge is 0.307 e. The van der Waals surface area contributed by atoms with E-state index in [2.05, 4.69) is 26.5 Å². The maximum absolute atomic E-state index is 11.5. The highest BCUT2D eigenvalue weighted by Gasteiger charge is 2.08. The van der Waals surface area contributed by atoms with Gasteiger partial charge in [0.05, 0.1) is 6.21 Å². The van der Waals surface area contributed by atoms with Crippen molar-refractivity contribution in [3.8, 4) is 5.75 Å². The number of hydrogen-bond donors (Lipinski definition) is 2. The molecule has 0 spiro atoms. The van der Waals surface area contributed by atoms with E-state index in [1.165, 1.54) is 18.3 Å². The molecule has 0 fully saturated rings. The molecule has 6 heteroatoms. The Balaban J connectivity index is 2.00. The Morgan fingerprint density at radius 3 is 2.78 bits per heavy atom. The van der Waals surface area contributed by atoms with Gasteiger partial charge in [-0.2, -0.15) is 5.10 Å². The number of nitrogens with one attached hydrogen (secondary N) is 1. The molecule has 1 aromatic heterocycles. The molecule has 1 aromatic carbocycles. The predicted molar refractivity (Wildman–Crippen MR) is 69.6 cm³/mol. The molecule has 2 aromatic rings. The Hall–Kier alpha value is -2.08. The van der Waals surface area contributed by atoms with Gasteiger partial charge in [0.25, 0.3) is 0 Å². The van der Waals surface area contributed by atoms with E-state index in [-0.39, 0.29) is 11.5 Å². The number of carbonyl (C=O) groups excluding carboxylic acids is 1. The number of aromatic hydroxyl groups is 1. The molecule has 0 atom stereocenters. The number of para-hydroxylation sites is 1. The second-order valence-corrected chi connectivity index (χ2v) is 4.14. The highest BCUT2D eigenvalue weighted by molar-refractivity contribution is 9.10. The minimum atomic E-state index is -0.465. The summed E-state index contributed by atoms with van der Waals surface area (Å²) in [6.07, 6.45) is 1.35. The van der Waals surface area contributed by atoms with Gasteiger partial charge in [-0.25, -0.2) is 5.43 Å². The lowest BCUT2D eigenvalue weighted by Gasteiger charge is -1.97. The van der Waals surface area contributed by atoms with E-state index in [1.54, 1.807) is 24.3 Å². The fourth-order valence-corrected chi connectivity index (χ4v) is 1.56. The molecule has 0 saturated carbocycles. The average molecular weight is 309 g/mol. The molecular formula is C12H9BrN2O3. The van der Waals surface area contributed by atoms with Crippen LogP contribution in [0.15, 0.2) is 50.6 Å². The zero-order chi connectivity index (χ0) is 13.0. The van der Waals surface area contributed by atoms with Crippen molar-refractivity contribution >= 4 is 28.1 Å². The molecule has 0 aliphatic carbocycles. The Labute approximate surface area is 111 Å². The molecule has 0 aliphatic rings. The monoisotopic (exact) mass is 308 g/mol. The van der Waals surface area contributed by atoms with Crippen molar-refractivity contribution in [2.45, 2.75) is 0 Å². The number of furan rings is 1. The minimum Gasteiger partial charge on any atom is -0.507 e. The molecule has 18 heavy (non-hydrogen) atoms. The van der Waals surface area contributed by atoms with Gasteiger partial charge in [0.1, 0.15) is 5.75 Å². The zero-order valence-corrected chi connectivity index (χ0v) is 10.7. The lowest BCUT2D eigenvalue weighted by Crippen LogP contribution is -2.16. The third-order valence-corrected chi connectivity index (χ3v) is 2.53. The SMILES string of the molecule is O=C(N/N=C\c1ccccc1O)c1ccc(Br)o1. The molecule has 92 valence electrons. The van der Waals surface area contributed by atoms with E-state index in [0.29, 0.717) is 10.2 Å². The summed E-state index contributed by atoms with van der Waals surface area (Å²) < 4.78 is 5.52. The summed E-state index contributed by atoms with van der Waals surface area (Å²) in [7, 11) is 0. The van der Waals surface area contributed by atoms with Crippen LogP contribution in [0, 0.1) is 0 Å². The lowest BCUT2D eigenvalue weighted by atomic mass is 10.2. The van der Waals surface area contributed by atoms with Crippen LogP contribution in [0.4, 0.5) is 0 Å². The fourth-order valence-electron chi connectivity index (χ4n) is 1.25. The summed E-state index contributed by atoms with van der Waals surface area (Å²) in [5, 5.41) is 13.2. The number of amides is 1. The van der Waals surface area contributed by atoms with E-state index >= 15 is 0 Å². The average Bonchev–Trinajstić information content (AvgIpc) is 2.78. The first-order valence-corrected chi connectivity index (χ1v) is 5.83. The van der Waals surface area contributed by atoms with Crippen LogP contribution < -0.4 is 5.43 Å². The second-order valence-electron chi connectivity index (χ2n) is 3.36. The van der Waals surface area contributed by atoms with Gasteiger partial charge < -0.3 is 9.52 Å². The summed E-state index contributed by atoms with van der Waals surface area (Å²) in [6.45, 7) is 0. The van der Waals surface area contributed by atoms with Gasteiger partial charge >= 0.3 is 5.91 Å². The van der Waals surface area contributed by atoms with Gasteiger partial charge in [-0.15, -0.1) is 0 Å². The normalized spacial score (nSPS) is 10.7. The highest BCUT2D eigenvalue weighted by Crippen LogP contribution is 2.14. The maximum atomic E-state index is 11.5. The number of hydrazone groups is 1. The Morgan fingerprint density at radius 1 is 1.33 bits per heavy atom. The number of hydrogen-bond acceptors (Lipinski definition) is 4. The maximum Gasteiger partial charge on any atom is 0.307 e. The molecule has 0 saturated heterocycles. The largest absolute Gasteiger partial charge is 0.507 e. The summed E-state index contributed by atoms with van der Waals surface area (Å²) in [4.78, 5) is 11.5. The van der Waals surface area contributed by atoms with Crippen molar-refractivity contribution in [3.05, 3.63) is 52.4 Å². The van der Waals surface area contributed by atoms with Crippen LogP contribution in [0.25, 0.3) is 0 Å². The van der Waals surface area contributed by atoms with Gasteiger partial charge in [-0.3, -0.25) is 4.79 Å². The molecule has 0 radical (unpaired) electrons. The van der Waals surface area contributed by atoms with Gasteiger partial charge in [-0.1, -0.05) is 12.1 Å². The fraction of sp³-hybridized carbons (Fsp3) is 0. The Bertz CT molecular complexity index is 593. The van der Waals surface area contributed by atoms with Crippen molar-refractivity contribution in [1.29, 1.82) is 0 Å². The number of nitrogens with zero attached hydrogens (tertiary/aromatic N) is 1. The van der Waals surface area contributed by atoms with Gasteiger partial charge in [0.2, 0.25) is 0 Å². The van der Waals surface area contributed by atoms with Gasteiger partial charge in [0, 0.05) is 5.56 Å². The van der Waals surface area contributed by atoms with Crippen molar-refractivity contribution < 1.29 is 14.3 Å². The van der Waals surface area contributed by atoms with E-state index in [0.717, 1.165) is 0 Å². The number of carbonyl (C=O) groups is 1. The molecule has 2 N–H and O–H groups in total. The van der Waals surface area contributed by atoms with Crippen molar-refractivity contribution in [2.24, 2.45) is 5.10 Å². The molecular weight excluding hydrogens is 300 g/mol. The molecule has 2 rings (SSSR count). The van der Waals surface area contributed by atoms with E-state index < -0.39 is 5.91 Å². The van der Waals surface area contributed by atoms with E-state index in [9.17, 15) is 9.90 Å². The molecule has 0 aliphatic heterocycles. The van der Waals surface area contributed by atoms with Crippen LogP contribution in [-0.4, -0.2) is 17.2 Å². The molecule has 5 nitrogen and oxygen atoms in total. The third kappa shape index (κ3) is 2.98. The zero-order valence-electron chi connectivity index (χ0n) is 9.13.